The van der Waals surface area contributed by atoms with Gasteiger partial charge in [-0.3, -0.25) is 0 Å². The largest absolute Gasteiger partial charge is 0.444 e. The van der Waals surface area contributed by atoms with Crippen molar-refractivity contribution in [1.29, 1.82) is 0 Å². The van der Waals surface area contributed by atoms with Gasteiger partial charge >= 0.3 is 6.09 Å². The SMILES string of the molecule is CC(C)(C)OC(=O)N1CCC2(CCC(F)C2)C1. The molecule has 1 heterocycles. The predicted molar refractivity (Wildman–Crippen MR) is 63.6 cm³/mol. The van der Waals surface area contributed by atoms with Crippen LogP contribution in [0.1, 0.15) is 46.5 Å². The van der Waals surface area contributed by atoms with Gasteiger partial charge in [0.2, 0.25) is 0 Å². The van der Waals surface area contributed by atoms with Crippen LogP contribution in [0.25, 0.3) is 0 Å². The Hall–Kier alpha value is -0.800. The number of ether oxygens (including phenoxy) is 1. The minimum absolute atomic E-state index is 0.0380. The number of hydrogen-bond donors (Lipinski definition) is 0. The Morgan fingerprint density at radius 3 is 2.65 bits per heavy atom. The van der Waals surface area contributed by atoms with Gasteiger partial charge in [-0.2, -0.15) is 0 Å². The fourth-order valence-corrected chi connectivity index (χ4v) is 2.92. The van der Waals surface area contributed by atoms with Gasteiger partial charge in [-0.1, -0.05) is 0 Å². The van der Waals surface area contributed by atoms with E-state index in [1.807, 2.05) is 20.8 Å². The number of likely N-dealkylation sites (tertiary alicyclic amines) is 1. The van der Waals surface area contributed by atoms with Gasteiger partial charge in [-0.15, -0.1) is 0 Å². The average molecular weight is 243 g/mol. The van der Waals surface area contributed by atoms with E-state index in [9.17, 15) is 9.18 Å². The number of amides is 1. The standard InChI is InChI=1S/C13H22FNO2/c1-12(2,3)17-11(16)15-7-6-13(9-15)5-4-10(14)8-13/h10H,4-9H2,1-3H3. The fraction of sp³-hybridized carbons (Fsp3) is 0.923. The van der Waals surface area contributed by atoms with E-state index < -0.39 is 11.8 Å². The van der Waals surface area contributed by atoms with Gasteiger partial charge in [0.05, 0.1) is 0 Å². The van der Waals surface area contributed by atoms with Gasteiger partial charge in [-0.25, -0.2) is 9.18 Å². The molecule has 1 aliphatic carbocycles. The van der Waals surface area contributed by atoms with Crippen molar-refractivity contribution in [3.05, 3.63) is 0 Å². The van der Waals surface area contributed by atoms with Crippen LogP contribution in [0.4, 0.5) is 9.18 Å². The summed E-state index contributed by atoms with van der Waals surface area (Å²) in [5, 5.41) is 0. The van der Waals surface area contributed by atoms with Gasteiger partial charge < -0.3 is 9.64 Å². The summed E-state index contributed by atoms with van der Waals surface area (Å²) in [5.41, 5.74) is -0.415. The third-order valence-corrected chi connectivity index (χ3v) is 3.73. The lowest BCUT2D eigenvalue weighted by Crippen LogP contribution is -2.36. The van der Waals surface area contributed by atoms with Gasteiger partial charge in [0.15, 0.2) is 0 Å². The van der Waals surface area contributed by atoms with Crippen molar-refractivity contribution in [3.8, 4) is 0 Å². The van der Waals surface area contributed by atoms with Crippen LogP contribution in [0.3, 0.4) is 0 Å². The maximum atomic E-state index is 13.3. The van der Waals surface area contributed by atoms with Crippen molar-refractivity contribution in [3.63, 3.8) is 0 Å². The van der Waals surface area contributed by atoms with Crippen molar-refractivity contribution in [1.82, 2.24) is 4.90 Å². The van der Waals surface area contributed by atoms with Crippen LogP contribution in [-0.4, -0.2) is 35.9 Å². The predicted octanol–water partition coefficient (Wildman–Crippen LogP) is 3.14. The first-order valence-corrected chi connectivity index (χ1v) is 6.42. The van der Waals surface area contributed by atoms with Gasteiger partial charge in [0.1, 0.15) is 11.8 Å². The maximum Gasteiger partial charge on any atom is 0.410 e. The number of nitrogens with zero attached hydrogens (tertiary/aromatic N) is 1. The molecular weight excluding hydrogens is 221 g/mol. The maximum absolute atomic E-state index is 13.3. The second-order valence-electron chi connectivity index (χ2n) is 6.49. The van der Waals surface area contributed by atoms with Crippen LogP contribution in [0, 0.1) is 5.41 Å². The number of alkyl halides is 1. The molecular formula is C13H22FNO2. The molecule has 0 aromatic heterocycles. The molecule has 0 radical (unpaired) electrons. The zero-order valence-corrected chi connectivity index (χ0v) is 11.0. The molecule has 17 heavy (non-hydrogen) atoms. The van der Waals surface area contributed by atoms with Crippen molar-refractivity contribution in [2.24, 2.45) is 5.41 Å². The zero-order chi connectivity index (χ0) is 12.7. The third kappa shape index (κ3) is 2.90. The minimum atomic E-state index is -0.673. The van der Waals surface area contributed by atoms with E-state index in [0.29, 0.717) is 25.9 Å². The summed E-state index contributed by atoms with van der Waals surface area (Å²) in [6.45, 7) is 6.97. The fourth-order valence-electron chi connectivity index (χ4n) is 2.92. The normalized spacial score (nSPS) is 33.4. The van der Waals surface area contributed by atoms with E-state index in [-0.39, 0.29) is 11.5 Å². The Bertz CT molecular complexity index is 313. The van der Waals surface area contributed by atoms with Crippen molar-refractivity contribution in [2.45, 2.75) is 58.2 Å². The number of carbonyl (C=O) groups excluding carboxylic acids is 1. The van der Waals surface area contributed by atoms with Crippen LogP contribution in [-0.2, 0) is 4.74 Å². The number of rotatable bonds is 0. The van der Waals surface area contributed by atoms with Crippen LogP contribution >= 0.6 is 0 Å². The van der Waals surface area contributed by atoms with Crippen LogP contribution < -0.4 is 0 Å². The topological polar surface area (TPSA) is 29.5 Å². The van der Waals surface area contributed by atoms with Gasteiger partial charge in [-0.05, 0) is 51.9 Å². The van der Waals surface area contributed by atoms with Crippen molar-refractivity contribution in [2.75, 3.05) is 13.1 Å². The Balaban J connectivity index is 1.92. The molecule has 1 spiro atoms. The molecule has 2 unspecified atom stereocenters. The highest BCUT2D eigenvalue weighted by Crippen LogP contribution is 2.46. The molecule has 0 aromatic carbocycles. The smallest absolute Gasteiger partial charge is 0.410 e. The Morgan fingerprint density at radius 1 is 1.41 bits per heavy atom. The van der Waals surface area contributed by atoms with E-state index in [1.54, 1.807) is 4.90 Å². The first kappa shape index (κ1) is 12.7. The van der Waals surface area contributed by atoms with E-state index in [0.717, 1.165) is 12.8 Å². The molecule has 2 rings (SSSR count). The lowest BCUT2D eigenvalue weighted by molar-refractivity contribution is 0.0272. The summed E-state index contributed by atoms with van der Waals surface area (Å²) in [6, 6.07) is 0. The monoisotopic (exact) mass is 243 g/mol. The lowest BCUT2D eigenvalue weighted by atomic mass is 9.85. The summed E-state index contributed by atoms with van der Waals surface area (Å²) < 4.78 is 18.6. The van der Waals surface area contributed by atoms with Crippen molar-refractivity contribution < 1.29 is 13.9 Å². The van der Waals surface area contributed by atoms with Crippen LogP contribution in [0.2, 0.25) is 0 Å². The van der Waals surface area contributed by atoms with E-state index >= 15 is 0 Å². The van der Waals surface area contributed by atoms with Gasteiger partial charge in [0.25, 0.3) is 0 Å². The molecule has 2 aliphatic rings. The summed E-state index contributed by atoms with van der Waals surface area (Å²) >= 11 is 0. The minimum Gasteiger partial charge on any atom is -0.444 e. The molecule has 2 atom stereocenters. The van der Waals surface area contributed by atoms with E-state index in [2.05, 4.69) is 0 Å². The third-order valence-electron chi connectivity index (χ3n) is 3.73. The molecule has 1 aliphatic heterocycles. The highest BCUT2D eigenvalue weighted by molar-refractivity contribution is 5.68. The molecule has 1 saturated heterocycles. The molecule has 4 heteroatoms. The number of carbonyl (C=O) groups is 1. The molecule has 98 valence electrons. The Morgan fingerprint density at radius 2 is 2.12 bits per heavy atom. The van der Waals surface area contributed by atoms with E-state index in [4.69, 9.17) is 4.74 Å². The quantitative estimate of drug-likeness (QED) is 0.654. The zero-order valence-electron chi connectivity index (χ0n) is 11.0. The molecule has 1 saturated carbocycles. The molecule has 0 bridgehead atoms. The summed E-state index contributed by atoms with van der Waals surface area (Å²) in [4.78, 5) is 13.6. The molecule has 2 fully saturated rings. The highest BCUT2D eigenvalue weighted by atomic mass is 19.1. The lowest BCUT2D eigenvalue weighted by Gasteiger charge is -2.26. The number of halogens is 1. The second-order valence-corrected chi connectivity index (χ2v) is 6.49. The summed E-state index contributed by atoms with van der Waals surface area (Å²) in [5.74, 6) is 0. The average Bonchev–Trinajstić information content (AvgIpc) is 2.72. The first-order chi connectivity index (χ1) is 7.80. The Kier molecular flexibility index (Phi) is 3.08. The Labute approximate surface area is 102 Å². The highest BCUT2D eigenvalue weighted by Gasteiger charge is 2.46. The van der Waals surface area contributed by atoms with Crippen LogP contribution in [0.15, 0.2) is 0 Å². The molecule has 3 nitrogen and oxygen atoms in total. The van der Waals surface area contributed by atoms with Crippen LogP contribution in [0.5, 0.6) is 0 Å². The molecule has 0 aromatic rings. The second kappa shape index (κ2) is 4.14. The van der Waals surface area contributed by atoms with Crippen molar-refractivity contribution >= 4 is 6.09 Å². The first-order valence-electron chi connectivity index (χ1n) is 6.42. The number of hydrogen-bond acceptors (Lipinski definition) is 2. The summed E-state index contributed by atoms with van der Waals surface area (Å²) in [7, 11) is 0. The molecule has 0 N–H and O–H groups in total. The van der Waals surface area contributed by atoms with E-state index in [1.165, 1.54) is 0 Å². The summed E-state index contributed by atoms with van der Waals surface area (Å²) in [6.07, 6.45) is 2.18. The molecule has 1 amide bonds. The van der Waals surface area contributed by atoms with Gasteiger partial charge in [0, 0.05) is 13.1 Å².